The van der Waals surface area contributed by atoms with E-state index in [2.05, 4.69) is 20.2 Å². The zero-order valence-electron chi connectivity index (χ0n) is 17.8. The number of rotatable bonds is 5. The highest BCUT2D eigenvalue weighted by molar-refractivity contribution is 7.86. The van der Waals surface area contributed by atoms with Crippen molar-refractivity contribution >= 4 is 34.2 Å². The molecule has 0 amide bonds. The van der Waals surface area contributed by atoms with E-state index >= 15 is 0 Å². The Bertz CT molecular complexity index is 1060. The summed E-state index contributed by atoms with van der Waals surface area (Å²) < 4.78 is 13.0. The molecule has 2 aliphatic heterocycles. The fraction of sp³-hybridized carbons (Fsp3) is 0.636. The molecule has 0 radical (unpaired) electrons. The van der Waals surface area contributed by atoms with Crippen LogP contribution < -0.4 is 10.2 Å². The van der Waals surface area contributed by atoms with E-state index in [-0.39, 0.29) is 23.3 Å². The minimum atomic E-state index is -1.06. The molecule has 8 nitrogen and oxygen atoms in total. The summed E-state index contributed by atoms with van der Waals surface area (Å²) in [5.41, 5.74) is 0.613. The standard InChI is InChI=1S/C22H27ClN6O2S/c23-14-10-24-19(25-11-14)13-3-1-7-29(8-4-13)21-26-17-15-9-16(15)32(31)18(17)20(27-21)28-22(12-30)5-2-6-22/h10-11,13,15-16,30H,1-9,12H2,(H,26,27,28). The van der Waals surface area contributed by atoms with Crippen LogP contribution in [-0.4, -0.2) is 59.7 Å². The first-order valence-corrected chi connectivity index (χ1v) is 13.1. The number of nitrogens with zero attached hydrogens (tertiary/aromatic N) is 5. The molecule has 0 bridgehead atoms. The average Bonchev–Trinajstić information content (AvgIpc) is 3.56. The van der Waals surface area contributed by atoms with Gasteiger partial charge in [-0.15, -0.1) is 0 Å². The maximum Gasteiger partial charge on any atom is 0.227 e. The lowest BCUT2D eigenvalue weighted by Gasteiger charge is -2.41. The second kappa shape index (κ2) is 7.88. The Morgan fingerprint density at radius 3 is 2.72 bits per heavy atom. The monoisotopic (exact) mass is 474 g/mol. The normalized spacial score (nSPS) is 30.1. The maximum absolute atomic E-state index is 13.0. The van der Waals surface area contributed by atoms with Gasteiger partial charge in [-0.25, -0.2) is 15.0 Å². The number of fused-ring (bicyclic) bond motifs is 3. The van der Waals surface area contributed by atoms with Crippen molar-refractivity contribution in [3.63, 3.8) is 0 Å². The fourth-order valence-corrected chi connectivity index (χ4v) is 7.14. The fourth-order valence-electron chi connectivity index (χ4n) is 5.24. The van der Waals surface area contributed by atoms with Gasteiger partial charge in [0.25, 0.3) is 0 Å². The van der Waals surface area contributed by atoms with Crippen LogP contribution in [0.25, 0.3) is 0 Å². The van der Waals surface area contributed by atoms with Gasteiger partial charge in [0.2, 0.25) is 5.95 Å². The highest BCUT2D eigenvalue weighted by Crippen LogP contribution is 2.56. The van der Waals surface area contributed by atoms with Gasteiger partial charge >= 0.3 is 0 Å². The molecule has 2 aliphatic carbocycles. The summed E-state index contributed by atoms with van der Waals surface area (Å²) in [4.78, 5) is 21.7. The molecule has 4 aliphatic rings. The lowest BCUT2D eigenvalue weighted by atomic mass is 9.77. The number of hydrogen-bond donors (Lipinski definition) is 2. The van der Waals surface area contributed by atoms with Crippen LogP contribution in [0.15, 0.2) is 17.3 Å². The molecule has 6 rings (SSSR count). The van der Waals surface area contributed by atoms with Gasteiger partial charge in [-0.1, -0.05) is 11.6 Å². The topological polar surface area (TPSA) is 104 Å². The van der Waals surface area contributed by atoms with Crippen LogP contribution in [-0.2, 0) is 10.8 Å². The minimum Gasteiger partial charge on any atom is -0.394 e. The van der Waals surface area contributed by atoms with Crippen molar-refractivity contribution in [1.29, 1.82) is 0 Å². The van der Waals surface area contributed by atoms with Crippen LogP contribution in [0.3, 0.4) is 0 Å². The first-order valence-electron chi connectivity index (χ1n) is 11.5. The number of anilines is 2. The van der Waals surface area contributed by atoms with Gasteiger partial charge in [-0.3, -0.25) is 4.21 Å². The van der Waals surface area contributed by atoms with Crippen molar-refractivity contribution in [3.05, 3.63) is 28.9 Å². The van der Waals surface area contributed by atoms with Gasteiger partial charge in [-0.05, 0) is 44.9 Å². The lowest BCUT2D eigenvalue weighted by molar-refractivity contribution is 0.143. The van der Waals surface area contributed by atoms with E-state index in [1.54, 1.807) is 12.4 Å². The number of aliphatic hydroxyl groups excluding tert-OH is 1. The molecule has 0 spiro atoms. The largest absolute Gasteiger partial charge is 0.394 e. The summed E-state index contributed by atoms with van der Waals surface area (Å²) in [5, 5.41) is 14.2. The van der Waals surface area contributed by atoms with Gasteiger partial charge in [0, 0.05) is 42.6 Å². The smallest absolute Gasteiger partial charge is 0.227 e. The van der Waals surface area contributed by atoms with Crippen LogP contribution >= 0.6 is 11.6 Å². The Hall–Kier alpha value is -1.84. The molecule has 4 heterocycles. The predicted octanol–water partition coefficient (Wildman–Crippen LogP) is 3.00. The Morgan fingerprint density at radius 2 is 2.00 bits per heavy atom. The van der Waals surface area contributed by atoms with Gasteiger partial charge in [-0.2, -0.15) is 4.98 Å². The third kappa shape index (κ3) is 3.49. The molecule has 170 valence electrons. The molecule has 10 heteroatoms. The molecule has 32 heavy (non-hydrogen) atoms. The van der Waals surface area contributed by atoms with Gasteiger partial charge in [0.05, 0.1) is 33.7 Å². The van der Waals surface area contributed by atoms with E-state index < -0.39 is 10.8 Å². The molecule has 2 saturated carbocycles. The molecule has 3 fully saturated rings. The zero-order valence-corrected chi connectivity index (χ0v) is 19.4. The summed E-state index contributed by atoms with van der Waals surface area (Å²) in [5.74, 6) is 2.81. The first kappa shape index (κ1) is 20.7. The number of nitrogens with one attached hydrogen (secondary N) is 1. The molecular formula is C22H27ClN6O2S. The highest BCUT2D eigenvalue weighted by atomic mass is 35.5. The van der Waals surface area contributed by atoms with E-state index in [1.165, 1.54) is 0 Å². The van der Waals surface area contributed by atoms with Crippen molar-refractivity contribution in [2.75, 3.05) is 29.9 Å². The second-order valence-corrected chi connectivity index (χ2v) is 11.6. The summed E-state index contributed by atoms with van der Waals surface area (Å²) in [6.45, 7) is 1.74. The molecule has 4 unspecified atom stereocenters. The summed E-state index contributed by atoms with van der Waals surface area (Å²) in [7, 11) is -1.06. The summed E-state index contributed by atoms with van der Waals surface area (Å²) in [6.07, 6.45) is 10.1. The van der Waals surface area contributed by atoms with Crippen LogP contribution in [0.4, 0.5) is 11.8 Å². The van der Waals surface area contributed by atoms with Crippen molar-refractivity contribution < 1.29 is 9.32 Å². The van der Waals surface area contributed by atoms with Crippen molar-refractivity contribution in [3.8, 4) is 0 Å². The number of halogens is 1. The Kier molecular flexibility index (Phi) is 5.11. The molecule has 2 aromatic heterocycles. The average molecular weight is 475 g/mol. The highest BCUT2D eigenvalue weighted by Gasteiger charge is 2.54. The number of aromatic nitrogens is 4. The molecule has 2 aromatic rings. The summed E-state index contributed by atoms with van der Waals surface area (Å²) >= 11 is 5.95. The first-order chi connectivity index (χ1) is 15.6. The third-order valence-corrected chi connectivity index (χ3v) is 9.52. The van der Waals surface area contributed by atoms with Crippen molar-refractivity contribution in [2.45, 2.75) is 72.5 Å². The Balaban J connectivity index is 1.28. The molecular weight excluding hydrogens is 448 g/mol. The van der Waals surface area contributed by atoms with E-state index in [4.69, 9.17) is 21.6 Å². The van der Waals surface area contributed by atoms with Crippen molar-refractivity contribution in [2.24, 2.45) is 0 Å². The predicted molar refractivity (Wildman–Crippen MR) is 123 cm³/mol. The SMILES string of the molecule is O=S1c2c(NC3(CO)CCC3)nc(N3CCCC(c4ncc(Cl)cn4)CC3)nc2C2CC21. The van der Waals surface area contributed by atoms with E-state index in [0.717, 1.165) is 74.4 Å². The molecule has 1 saturated heterocycles. The zero-order chi connectivity index (χ0) is 21.9. The lowest BCUT2D eigenvalue weighted by Crippen LogP contribution is -2.48. The van der Waals surface area contributed by atoms with Gasteiger partial charge in [0.15, 0.2) is 0 Å². The van der Waals surface area contributed by atoms with Crippen LogP contribution in [0.2, 0.25) is 5.02 Å². The van der Waals surface area contributed by atoms with Crippen LogP contribution in [0, 0.1) is 0 Å². The third-order valence-electron chi connectivity index (χ3n) is 7.45. The Labute approximate surface area is 194 Å². The minimum absolute atomic E-state index is 0.0626. The van der Waals surface area contributed by atoms with Crippen LogP contribution in [0.5, 0.6) is 0 Å². The van der Waals surface area contributed by atoms with Gasteiger partial charge in [0.1, 0.15) is 16.5 Å². The Morgan fingerprint density at radius 1 is 1.19 bits per heavy atom. The van der Waals surface area contributed by atoms with E-state index in [9.17, 15) is 9.32 Å². The number of aliphatic hydroxyl groups is 1. The van der Waals surface area contributed by atoms with Gasteiger partial charge < -0.3 is 15.3 Å². The number of hydrogen-bond acceptors (Lipinski definition) is 8. The quantitative estimate of drug-likeness (QED) is 0.681. The molecule has 4 atom stereocenters. The molecule has 0 aromatic carbocycles. The van der Waals surface area contributed by atoms with E-state index in [1.807, 2.05) is 0 Å². The van der Waals surface area contributed by atoms with E-state index in [0.29, 0.717) is 22.7 Å². The maximum atomic E-state index is 13.0. The van der Waals surface area contributed by atoms with Crippen LogP contribution in [0.1, 0.15) is 68.3 Å². The van der Waals surface area contributed by atoms with Crippen molar-refractivity contribution in [1.82, 2.24) is 19.9 Å². The molecule has 2 N–H and O–H groups in total. The summed E-state index contributed by atoms with van der Waals surface area (Å²) in [6, 6.07) is 0. The second-order valence-electron chi connectivity index (χ2n) is 9.56.